The number of carbonyl (C=O) groups is 1. The molecule has 2 aromatic rings. The maximum absolute atomic E-state index is 11.6. The summed E-state index contributed by atoms with van der Waals surface area (Å²) in [6.07, 6.45) is 0.430. The summed E-state index contributed by atoms with van der Waals surface area (Å²) < 4.78 is 5.09. The smallest absolute Gasteiger partial charge is 0.311 e. The van der Waals surface area contributed by atoms with Gasteiger partial charge in [-0.3, -0.25) is 4.79 Å². The lowest BCUT2D eigenvalue weighted by molar-refractivity contribution is -0.138. The van der Waals surface area contributed by atoms with Crippen molar-refractivity contribution in [3.05, 3.63) is 64.2 Å². The summed E-state index contributed by atoms with van der Waals surface area (Å²) in [5.41, 5.74) is 2.79. The van der Waals surface area contributed by atoms with Crippen LogP contribution in [0.2, 0.25) is 5.02 Å². The molecule has 0 bridgehead atoms. The molecule has 4 heteroatoms. The number of benzene rings is 2. The highest BCUT2D eigenvalue weighted by Gasteiger charge is 2.21. The number of methoxy groups -OCH3 is 1. The van der Waals surface area contributed by atoms with Gasteiger partial charge in [0.15, 0.2) is 0 Å². The molecule has 0 aliphatic heterocycles. The van der Waals surface area contributed by atoms with Crippen LogP contribution in [0.4, 0.5) is 0 Å². The third kappa shape index (κ3) is 3.76. The van der Waals surface area contributed by atoms with Crippen molar-refractivity contribution in [1.82, 2.24) is 0 Å². The maximum Gasteiger partial charge on any atom is 0.311 e. The van der Waals surface area contributed by atoms with Crippen molar-refractivity contribution < 1.29 is 14.6 Å². The highest BCUT2D eigenvalue weighted by molar-refractivity contribution is 6.32. The third-order valence-corrected chi connectivity index (χ3v) is 3.69. The van der Waals surface area contributed by atoms with E-state index in [4.69, 9.17) is 16.3 Å². The van der Waals surface area contributed by atoms with Crippen LogP contribution in [0.5, 0.6) is 5.75 Å². The minimum absolute atomic E-state index is 0.422. The van der Waals surface area contributed by atoms with E-state index in [0.29, 0.717) is 22.8 Å². The summed E-state index contributed by atoms with van der Waals surface area (Å²) in [6.45, 7) is 1.99. The van der Waals surface area contributed by atoms with Crippen LogP contribution in [0.3, 0.4) is 0 Å². The van der Waals surface area contributed by atoms with Crippen molar-refractivity contribution in [3.63, 3.8) is 0 Å². The summed E-state index contributed by atoms with van der Waals surface area (Å²) in [5, 5.41) is 9.92. The maximum atomic E-state index is 11.6. The molecule has 0 saturated heterocycles. The molecule has 0 aliphatic carbocycles. The summed E-state index contributed by atoms with van der Waals surface area (Å²) in [6, 6.07) is 13.0. The van der Waals surface area contributed by atoms with E-state index in [2.05, 4.69) is 0 Å². The Morgan fingerprint density at radius 2 is 2.05 bits per heavy atom. The fourth-order valence-electron chi connectivity index (χ4n) is 2.32. The predicted molar refractivity (Wildman–Crippen MR) is 83.3 cm³/mol. The molecule has 0 saturated carbocycles. The molecule has 110 valence electrons. The van der Waals surface area contributed by atoms with Crippen LogP contribution < -0.4 is 4.74 Å². The molecule has 0 heterocycles. The molecule has 2 rings (SSSR count). The van der Waals surface area contributed by atoms with Crippen LogP contribution in [0, 0.1) is 6.92 Å². The van der Waals surface area contributed by atoms with E-state index in [1.54, 1.807) is 18.2 Å². The lowest BCUT2D eigenvalue weighted by Crippen LogP contribution is -2.14. The van der Waals surface area contributed by atoms with Gasteiger partial charge < -0.3 is 9.84 Å². The van der Waals surface area contributed by atoms with Gasteiger partial charge in [-0.2, -0.15) is 0 Å². The molecule has 0 fully saturated rings. The van der Waals surface area contributed by atoms with Crippen molar-refractivity contribution in [2.75, 3.05) is 7.11 Å². The van der Waals surface area contributed by atoms with Gasteiger partial charge in [0.05, 0.1) is 18.1 Å². The Kier molecular flexibility index (Phi) is 4.86. The van der Waals surface area contributed by atoms with Gasteiger partial charge in [-0.25, -0.2) is 0 Å². The molecular formula is C17H17ClO3. The van der Waals surface area contributed by atoms with E-state index in [1.807, 2.05) is 31.2 Å². The number of halogens is 1. The number of carboxylic acid groups (broad SMARTS) is 1. The van der Waals surface area contributed by atoms with Crippen LogP contribution in [-0.4, -0.2) is 18.2 Å². The molecule has 1 unspecified atom stereocenters. The van der Waals surface area contributed by atoms with E-state index in [9.17, 15) is 9.90 Å². The standard InChI is InChI=1S/C17H17ClO3/c1-11-4-3-5-12(8-11)9-14(17(19)20)13-6-7-16(21-2)15(18)10-13/h3-8,10,14H,9H2,1-2H3,(H,19,20). The van der Waals surface area contributed by atoms with Crippen LogP contribution in [-0.2, 0) is 11.2 Å². The first kappa shape index (κ1) is 15.4. The monoisotopic (exact) mass is 304 g/mol. The molecule has 21 heavy (non-hydrogen) atoms. The molecule has 2 aromatic carbocycles. The molecule has 1 N–H and O–H groups in total. The highest BCUT2D eigenvalue weighted by Crippen LogP contribution is 2.30. The zero-order chi connectivity index (χ0) is 15.4. The van der Waals surface area contributed by atoms with E-state index in [-0.39, 0.29) is 0 Å². The Labute approximate surface area is 129 Å². The number of hydrogen-bond acceptors (Lipinski definition) is 2. The lowest BCUT2D eigenvalue weighted by Gasteiger charge is -2.14. The second kappa shape index (κ2) is 6.64. The van der Waals surface area contributed by atoms with Crippen molar-refractivity contribution in [2.45, 2.75) is 19.3 Å². The van der Waals surface area contributed by atoms with Crippen LogP contribution in [0.25, 0.3) is 0 Å². The summed E-state index contributed by atoms with van der Waals surface area (Å²) >= 11 is 6.09. The zero-order valence-corrected chi connectivity index (χ0v) is 12.7. The number of aryl methyl sites for hydroxylation is 1. The van der Waals surface area contributed by atoms with E-state index >= 15 is 0 Å². The van der Waals surface area contributed by atoms with Crippen molar-refractivity contribution in [1.29, 1.82) is 0 Å². The Bertz CT molecular complexity index is 652. The second-order valence-electron chi connectivity index (χ2n) is 4.98. The zero-order valence-electron chi connectivity index (χ0n) is 12.0. The summed E-state index contributed by atoms with van der Waals surface area (Å²) in [7, 11) is 1.53. The first-order chi connectivity index (χ1) is 10.0. The van der Waals surface area contributed by atoms with E-state index in [1.165, 1.54) is 7.11 Å². The molecule has 0 spiro atoms. The summed E-state index contributed by atoms with van der Waals surface area (Å²) in [4.78, 5) is 11.6. The average Bonchev–Trinajstić information content (AvgIpc) is 2.44. The largest absolute Gasteiger partial charge is 0.495 e. The van der Waals surface area contributed by atoms with Gasteiger partial charge in [-0.05, 0) is 36.6 Å². The number of rotatable bonds is 5. The lowest BCUT2D eigenvalue weighted by atomic mass is 9.91. The molecule has 3 nitrogen and oxygen atoms in total. The first-order valence-electron chi connectivity index (χ1n) is 6.63. The Morgan fingerprint density at radius 3 is 2.62 bits per heavy atom. The Hall–Kier alpha value is -2.00. The molecular weight excluding hydrogens is 288 g/mol. The first-order valence-corrected chi connectivity index (χ1v) is 7.01. The second-order valence-corrected chi connectivity index (χ2v) is 5.39. The third-order valence-electron chi connectivity index (χ3n) is 3.40. The quantitative estimate of drug-likeness (QED) is 0.906. The van der Waals surface area contributed by atoms with Gasteiger partial charge in [0, 0.05) is 0 Å². The molecule has 1 atom stereocenters. The van der Waals surface area contributed by atoms with Crippen molar-refractivity contribution >= 4 is 17.6 Å². The van der Waals surface area contributed by atoms with E-state index in [0.717, 1.165) is 11.1 Å². The normalized spacial score (nSPS) is 12.0. The fraction of sp³-hybridized carbons (Fsp3) is 0.235. The molecule has 0 aliphatic rings. The van der Waals surface area contributed by atoms with Gasteiger partial charge >= 0.3 is 5.97 Å². The van der Waals surface area contributed by atoms with Crippen LogP contribution >= 0.6 is 11.6 Å². The molecule has 0 radical (unpaired) electrons. The Balaban J connectivity index is 2.31. The molecule has 0 amide bonds. The Morgan fingerprint density at radius 1 is 1.29 bits per heavy atom. The number of carboxylic acids is 1. The van der Waals surface area contributed by atoms with Crippen LogP contribution in [0.1, 0.15) is 22.6 Å². The van der Waals surface area contributed by atoms with Gasteiger partial charge in [0.25, 0.3) is 0 Å². The van der Waals surface area contributed by atoms with Crippen LogP contribution in [0.15, 0.2) is 42.5 Å². The van der Waals surface area contributed by atoms with Gasteiger partial charge in [-0.1, -0.05) is 47.5 Å². The number of hydrogen-bond donors (Lipinski definition) is 1. The topological polar surface area (TPSA) is 46.5 Å². The summed E-state index contributed by atoms with van der Waals surface area (Å²) in [5.74, 6) is -0.951. The van der Waals surface area contributed by atoms with Gasteiger partial charge in [-0.15, -0.1) is 0 Å². The molecule has 0 aromatic heterocycles. The van der Waals surface area contributed by atoms with Crippen molar-refractivity contribution in [3.8, 4) is 5.75 Å². The van der Waals surface area contributed by atoms with Crippen molar-refractivity contribution in [2.24, 2.45) is 0 Å². The number of aliphatic carboxylic acids is 1. The van der Waals surface area contributed by atoms with Gasteiger partial charge in [0.2, 0.25) is 0 Å². The SMILES string of the molecule is COc1ccc(C(Cc2cccc(C)c2)C(=O)O)cc1Cl. The van der Waals surface area contributed by atoms with Gasteiger partial charge in [0.1, 0.15) is 5.75 Å². The minimum atomic E-state index is -0.863. The predicted octanol–water partition coefficient (Wildman–Crippen LogP) is 4.07. The number of ether oxygens (including phenoxy) is 1. The highest BCUT2D eigenvalue weighted by atomic mass is 35.5. The fourth-order valence-corrected chi connectivity index (χ4v) is 2.59. The minimum Gasteiger partial charge on any atom is -0.495 e. The van der Waals surface area contributed by atoms with E-state index < -0.39 is 11.9 Å². The average molecular weight is 305 g/mol.